The molecule has 0 spiro atoms. The molecule has 1 aliphatic rings. The molecule has 30 heavy (non-hydrogen) atoms. The maximum Gasteiger partial charge on any atom is 0.261 e. The standard InChI is InChI=1S/C20H22N6O3S/c1-22-30(28,29)15-8-6-14(7-9-15)24-19-18-17(10-11-23-20(18)27)26(25-19)16-5-3-2-4-13(16)12-21/h6-11,13,16,22H,2-5H2,1H3,(H,23,27)(H,24,25)/t13?,16-/m0/s1. The second-order valence-electron chi connectivity index (χ2n) is 7.30. The Morgan fingerprint density at radius 3 is 2.63 bits per heavy atom. The highest BCUT2D eigenvalue weighted by Crippen LogP contribution is 2.36. The molecule has 1 saturated carbocycles. The smallest absolute Gasteiger partial charge is 0.261 e. The molecule has 0 bridgehead atoms. The number of nitrogens with one attached hydrogen (secondary N) is 3. The number of aromatic nitrogens is 3. The highest BCUT2D eigenvalue weighted by molar-refractivity contribution is 7.89. The van der Waals surface area contributed by atoms with Crippen LogP contribution in [0, 0.1) is 17.2 Å². The number of benzene rings is 1. The van der Waals surface area contributed by atoms with E-state index in [2.05, 4.69) is 26.2 Å². The number of aromatic amines is 1. The van der Waals surface area contributed by atoms with Gasteiger partial charge in [0.2, 0.25) is 10.0 Å². The number of pyridine rings is 1. The Labute approximate surface area is 173 Å². The lowest BCUT2D eigenvalue weighted by Gasteiger charge is -2.27. The number of sulfonamides is 1. The normalized spacial score (nSPS) is 19.5. The lowest BCUT2D eigenvalue weighted by Crippen LogP contribution is -2.23. The lowest BCUT2D eigenvalue weighted by atomic mass is 9.85. The Bertz CT molecular complexity index is 1270. The molecule has 4 rings (SSSR count). The number of hydrogen-bond donors (Lipinski definition) is 3. The summed E-state index contributed by atoms with van der Waals surface area (Å²) in [5.74, 6) is 0.221. The minimum Gasteiger partial charge on any atom is -0.338 e. The van der Waals surface area contributed by atoms with Crippen molar-refractivity contribution in [3.8, 4) is 6.07 Å². The van der Waals surface area contributed by atoms with Crippen LogP contribution in [0.1, 0.15) is 31.7 Å². The third kappa shape index (κ3) is 3.58. The van der Waals surface area contributed by atoms with Crippen molar-refractivity contribution in [2.75, 3.05) is 12.4 Å². The summed E-state index contributed by atoms with van der Waals surface area (Å²) in [6, 6.07) is 10.3. The second kappa shape index (κ2) is 7.93. The summed E-state index contributed by atoms with van der Waals surface area (Å²) >= 11 is 0. The SMILES string of the molecule is CNS(=O)(=O)c1ccc(Nc2nn([C@H]3CCCCC3C#N)c3cc[nH]c(=O)c23)cc1. The van der Waals surface area contributed by atoms with E-state index in [-0.39, 0.29) is 22.4 Å². The average Bonchev–Trinajstić information content (AvgIpc) is 3.13. The van der Waals surface area contributed by atoms with Crippen LogP contribution in [0.4, 0.5) is 11.5 Å². The molecule has 2 aromatic heterocycles. The van der Waals surface area contributed by atoms with Gasteiger partial charge in [0, 0.05) is 11.9 Å². The van der Waals surface area contributed by atoms with Gasteiger partial charge in [0.15, 0.2) is 5.82 Å². The molecule has 0 radical (unpaired) electrons. The first-order valence-electron chi connectivity index (χ1n) is 9.75. The molecule has 2 atom stereocenters. The van der Waals surface area contributed by atoms with Crippen LogP contribution in [0.15, 0.2) is 46.2 Å². The summed E-state index contributed by atoms with van der Waals surface area (Å²) in [5, 5.41) is 17.8. The third-order valence-corrected chi connectivity index (χ3v) is 6.97. The largest absolute Gasteiger partial charge is 0.338 e. The Hall–Kier alpha value is -3.16. The predicted octanol–water partition coefficient (Wildman–Crippen LogP) is 2.63. The van der Waals surface area contributed by atoms with E-state index >= 15 is 0 Å². The quantitative estimate of drug-likeness (QED) is 0.574. The van der Waals surface area contributed by atoms with Gasteiger partial charge in [-0.25, -0.2) is 13.1 Å². The number of rotatable bonds is 5. The van der Waals surface area contributed by atoms with Gasteiger partial charge in [-0.3, -0.25) is 9.48 Å². The molecule has 0 aliphatic heterocycles. The molecule has 0 amide bonds. The van der Waals surface area contributed by atoms with Crippen LogP contribution in [0.3, 0.4) is 0 Å². The van der Waals surface area contributed by atoms with Crippen molar-refractivity contribution in [3.63, 3.8) is 0 Å². The zero-order valence-corrected chi connectivity index (χ0v) is 17.2. The molecule has 1 aromatic carbocycles. The summed E-state index contributed by atoms with van der Waals surface area (Å²) in [4.78, 5) is 15.4. The van der Waals surface area contributed by atoms with Crippen molar-refractivity contribution in [1.29, 1.82) is 5.26 Å². The lowest BCUT2D eigenvalue weighted by molar-refractivity contribution is 0.277. The van der Waals surface area contributed by atoms with Crippen molar-refractivity contribution < 1.29 is 8.42 Å². The van der Waals surface area contributed by atoms with E-state index < -0.39 is 10.0 Å². The summed E-state index contributed by atoms with van der Waals surface area (Å²) in [5.41, 5.74) is 0.989. The molecule has 1 aliphatic carbocycles. The van der Waals surface area contributed by atoms with Gasteiger partial charge in [-0.1, -0.05) is 12.8 Å². The third-order valence-electron chi connectivity index (χ3n) is 5.54. The molecular formula is C20H22N6O3S. The van der Waals surface area contributed by atoms with Gasteiger partial charge < -0.3 is 10.3 Å². The minimum atomic E-state index is -3.53. The highest BCUT2D eigenvalue weighted by Gasteiger charge is 2.29. The van der Waals surface area contributed by atoms with Crippen LogP contribution in [0.2, 0.25) is 0 Å². The molecule has 1 fully saturated rings. The second-order valence-corrected chi connectivity index (χ2v) is 9.19. The molecular weight excluding hydrogens is 404 g/mol. The Kier molecular flexibility index (Phi) is 5.32. The summed E-state index contributed by atoms with van der Waals surface area (Å²) in [6.45, 7) is 0. The van der Waals surface area contributed by atoms with Gasteiger partial charge in [0.1, 0.15) is 5.39 Å². The van der Waals surface area contributed by atoms with Crippen molar-refractivity contribution in [2.45, 2.75) is 36.6 Å². The molecule has 1 unspecified atom stereocenters. The van der Waals surface area contributed by atoms with Crippen molar-refractivity contribution in [1.82, 2.24) is 19.5 Å². The Morgan fingerprint density at radius 2 is 1.93 bits per heavy atom. The fourth-order valence-electron chi connectivity index (χ4n) is 3.97. The Balaban J connectivity index is 1.75. The van der Waals surface area contributed by atoms with Crippen LogP contribution in [0.25, 0.3) is 10.9 Å². The van der Waals surface area contributed by atoms with E-state index in [1.165, 1.54) is 19.2 Å². The van der Waals surface area contributed by atoms with Crippen molar-refractivity contribution in [2.24, 2.45) is 5.92 Å². The molecule has 2 heterocycles. The minimum absolute atomic E-state index is 0.0910. The molecule has 9 nitrogen and oxygen atoms in total. The molecule has 3 N–H and O–H groups in total. The first-order chi connectivity index (χ1) is 14.4. The zero-order chi connectivity index (χ0) is 21.3. The van der Waals surface area contributed by atoms with E-state index in [0.717, 1.165) is 25.7 Å². The van der Waals surface area contributed by atoms with Crippen molar-refractivity contribution >= 4 is 32.4 Å². The molecule has 10 heteroatoms. The number of nitrogens with zero attached hydrogens (tertiary/aromatic N) is 3. The van der Waals surface area contributed by atoms with E-state index in [0.29, 0.717) is 22.4 Å². The maximum atomic E-state index is 12.6. The highest BCUT2D eigenvalue weighted by atomic mass is 32.2. The fourth-order valence-corrected chi connectivity index (χ4v) is 4.70. The fraction of sp³-hybridized carbons (Fsp3) is 0.350. The van der Waals surface area contributed by atoms with Crippen LogP contribution in [-0.2, 0) is 10.0 Å². The summed E-state index contributed by atoms with van der Waals surface area (Å²) in [6.07, 6.45) is 5.25. The number of nitriles is 1. The molecule has 3 aromatic rings. The summed E-state index contributed by atoms with van der Waals surface area (Å²) < 4.78 is 27.9. The van der Waals surface area contributed by atoms with E-state index in [9.17, 15) is 18.5 Å². The van der Waals surface area contributed by atoms with Crippen LogP contribution < -0.4 is 15.6 Å². The van der Waals surface area contributed by atoms with Crippen LogP contribution in [0.5, 0.6) is 0 Å². The van der Waals surface area contributed by atoms with Crippen molar-refractivity contribution in [3.05, 3.63) is 46.9 Å². The average molecular weight is 427 g/mol. The number of anilines is 2. The number of H-pyrrole nitrogens is 1. The first kappa shape index (κ1) is 20.1. The van der Waals surface area contributed by atoms with Crippen LogP contribution in [-0.4, -0.2) is 30.2 Å². The van der Waals surface area contributed by atoms with Gasteiger partial charge in [-0.05, 0) is 50.2 Å². The molecule has 0 saturated heterocycles. The topological polar surface area (TPSA) is 133 Å². The van der Waals surface area contributed by atoms with E-state index in [1.54, 1.807) is 29.1 Å². The monoisotopic (exact) mass is 426 g/mol. The van der Waals surface area contributed by atoms with Gasteiger partial charge in [0.05, 0.1) is 28.4 Å². The van der Waals surface area contributed by atoms with Gasteiger partial charge in [-0.2, -0.15) is 10.4 Å². The van der Waals surface area contributed by atoms with E-state index in [1.807, 2.05) is 0 Å². The Morgan fingerprint density at radius 1 is 1.20 bits per heavy atom. The summed E-state index contributed by atoms with van der Waals surface area (Å²) in [7, 11) is -2.18. The first-order valence-corrected chi connectivity index (χ1v) is 11.2. The molecule has 156 valence electrons. The number of hydrogen-bond acceptors (Lipinski definition) is 6. The van der Waals surface area contributed by atoms with Gasteiger partial charge >= 0.3 is 0 Å². The predicted molar refractivity (Wildman–Crippen MR) is 113 cm³/mol. The maximum absolute atomic E-state index is 12.6. The van der Waals surface area contributed by atoms with E-state index in [4.69, 9.17) is 0 Å². The number of fused-ring (bicyclic) bond motifs is 1. The van der Waals surface area contributed by atoms with Gasteiger partial charge in [0.25, 0.3) is 5.56 Å². The zero-order valence-electron chi connectivity index (χ0n) is 16.4. The van der Waals surface area contributed by atoms with Gasteiger partial charge in [-0.15, -0.1) is 0 Å². The van der Waals surface area contributed by atoms with Crippen LogP contribution >= 0.6 is 0 Å².